The zero-order valence-electron chi connectivity index (χ0n) is 11.9. The first-order valence-electron chi connectivity index (χ1n) is 6.37. The molecule has 0 heterocycles. The highest BCUT2D eigenvalue weighted by molar-refractivity contribution is 5.99. The van der Waals surface area contributed by atoms with E-state index >= 15 is 0 Å². The van der Waals surface area contributed by atoms with Crippen LogP contribution in [0, 0.1) is 0 Å². The summed E-state index contributed by atoms with van der Waals surface area (Å²) in [7, 11) is 4.03. The molecule has 0 aliphatic heterocycles. The number of ketones is 1. The molecule has 106 valence electrons. The van der Waals surface area contributed by atoms with E-state index in [0.29, 0.717) is 24.4 Å². The van der Waals surface area contributed by atoms with E-state index in [0.717, 1.165) is 18.8 Å². The Morgan fingerprint density at radius 2 is 2.11 bits per heavy atom. The number of rotatable bonds is 8. The number of nitrogens with two attached hydrogens (primary N) is 1. The van der Waals surface area contributed by atoms with Gasteiger partial charge in [0.05, 0.1) is 13.2 Å². The van der Waals surface area contributed by atoms with E-state index in [9.17, 15) is 4.79 Å². The number of nitrogens with one attached hydrogen (secondary N) is 1. The largest absolute Gasteiger partial charge is 0.398 e. The maximum absolute atomic E-state index is 11.2. The van der Waals surface area contributed by atoms with Crippen molar-refractivity contribution in [3.63, 3.8) is 0 Å². The van der Waals surface area contributed by atoms with Gasteiger partial charge in [-0.25, -0.2) is 0 Å². The highest BCUT2D eigenvalue weighted by atomic mass is 16.5. The number of Topliss-reactive ketones (excluding diaryl/α,β-unsaturated/α-hetero) is 1. The second-order valence-corrected chi connectivity index (χ2v) is 4.70. The second kappa shape index (κ2) is 7.76. The van der Waals surface area contributed by atoms with Crippen LogP contribution in [-0.4, -0.2) is 51.1 Å². The zero-order valence-corrected chi connectivity index (χ0v) is 11.9. The smallest absolute Gasteiger partial charge is 0.161 e. The van der Waals surface area contributed by atoms with E-state index < -0.39 is 0 Å². The van der Waals surface area contributed by atoms with Crippen molar-refractivity contribution in [1.29, 1.82) is 0 Å². The number of carbonyl (C=O) groups is 1. The van der Waals surface area contributed by atoms with Crippen LogP contribution in [0.3, 0.4) is 0 Å². The van der Waals surface area contributed by atoms with Gasteiger partial charge in [0, 0.05) is 30.0 Å². The lowest BCUT2D eigenvalue weighted by molar-refractivity contribution is 0.101. The molecular weight excluding hydrogens is 242 g/mol. The maximum Gasteiger partial charge on any atom is 0.161 e. The average molecular weight is 265 g/mol. The first kappa shape index (κ1) is 15.5. The van der Waals surface area contributed by atoms with Gasteiger partial charge in [-0.05, 0) is 39.2 Å². The van der Waals surface area contributed by atoms with Crippen molar-refractivity contribution in [2.75, 3.05) is 51.4 Å². The molecule has 0 saturated carbocycles. The van der Waals surface area contributed by atoms with Gasteiger partial charge in [0.15, 0.2) is 5.78 Å². The fraction of sp³-hybridized carbons (Fsp3) is 0.500. The van der Waals surface area contributed by atoms with Crippen LogP contribution in [-0.2, 0) is 4.74 Å². The summed E-state index contributed by atoms with van der Waals surface area (Å²) in [5.41, 5.74) is 7.78. The van der Waals surface area contributed by atoms with Crippen molar-refractivity contribution in [3.05, 3.63) is 23.8 Å². The fourth-order valence-corrected chi connectivity index (χ4v) is 1.61. The third-order valence-corrected chi connectivity index (χ3v) is 2.69. The molecule has 5 heteroatoms. The Labute approximate surface area is 114 Å². The van der Waals surface area contributed by atoms with Crippen molar-refractivity contribution in [1.82, 2.24) is 4.90 Å². The van der Waals surface area contributed by atoms with Crippen molar-refractivity contribution in [3.8, 4) is 0 Å². The van der Waals surface area contributed by atoms with Gasteiger partial charge < -0.3 is 20.7 Å². The molecule has 0 radical (unpaired) electrons. The quantitative estimate of drug-likeness (QED) is 0.423. The van der Waals surface area contributed by atoms with Gasteiger partial charge in [-0.2, -0.15) is 0 Å². The van der Waals surface area contributed by atoms with Gasteiger partial charge in [0.2, 0.25) is 0 Å². The number of nitrogen functional groups attached to an aromatic ring is 1. The highest BCUT2D eigenvalue weighted by Gasteiger charge is 2.04. The number of anilines is 2. The summed E-state index contributed by atoms with van der Waals surface area (Å²) in [6.45, 7) is 4.51. The second-order valence-electron chi connectivity index (χ2n) is 4.70. The van der Waals surface area contributed by atoms with Crippen LogP contribution in [0.2, 0.25) is 0 Å². The third-order valence-electron chi connectivity index (χ3n) is 2.69. The van der Waals surface area contributed by atoms with Crippen molar-refractivity contribution >= 4 is 17.2 Å². The molecule has 0 aliphatic carbocycles. The van der Waals surface area contributed by atoms with Crippen molar-refractivity contribution in [2.24, 2.45) is 0 Å². The zero-order chi connectivity index (χ0) is 14.3. The Morgan fingerprint density at radius 3 is 2.68 bits per heavy atom. The standard InChI is InChI=1S/C14H23N3O2/c1-11(18)13-5-4-12(10-14(13)15)16-6-8-19-9-7-17(2)3/h4-5,10,16H,6-9,15H2,1-3H3. The van der Waals surface area contributed by atoms with Gasteiger partial charge in [-0.15, -0.1) is 0 Å². The first-order chi connectivity index (χ1) is 9.00. The van der Waals surface area contributed by atoms with Gasteiger partial charge in [0.25, 0.3) is 0 Å². The summed E-state index contributed by atoms with van der Waals surface area (Å²) in [6.07, 6.45) is 0. The third kappa shape index (κ3) is 5.72. The summed E-state index contributed by atoms with van der Waals surface area (Å²) in [4.78, 5) is 13.3. The van der Waals surface area contributed by atoms with Crippen LogP contribution >= 0.6 is 0 Å². The van der Waals surface area contributed by atoms with Crippen LogP contribution in [0.5, 0.6) is 0 Å². The number of ether oxygens (including phenoxy) is 1. The molecule has 1 aromatic carbocycles. The Balaban J connectivity index is 2.30. The monoisotopic (exact) mass is 265 g/mol. The molecule has 1 rings (SSSR count). The first-order valence-corrected chi connectivity index (χ1v) is 6.37. The summed E-state index contributed by atoms with van der Waals surface area (Å²) in [6, 6.07) is 5.37. The Hall–Kier alpha value is -1.59. The van der Waals surface area contributed by atoms with E-state index in [1.54, 1.807) is 12.1 Å². The Bertz CT molecular complexity index is 419. The number of hydrogen-bond acceptors (Lipinski definition) is 5. The average Bonchev–Trinajstić information content (AvgIpc) is 2.32. The maximum atomic E-state index is 11.2. The Morgan fingerprint density at radius 1 is 1.37 bits per heavy atom. The number of carbonyl (C=O) groups excluding carboxylic acids is 1. The molecule has 5 nitrogen and oxygen atoms in total. The molecule has 1 aromatic rings. The molecule has 0 amide bonds. The molecule has 0 aliphatic rings. The molecule has 0 saturated heterocycles. The molecule has 0 fully saturated rings. The normalized spacial score (nSPS) is 10.7. The minimum atomic E-state index is -0.0175. The van der Waals surface area contributed by atoms with Gasteiger partial charge in [-0.3, -0.25) is 4.79 Å². The number of likely N-dealkylation sites (N-methyl/N-ethyl adjacent to an activating group) is 1. The fourth-order valence-electron chi connectivity index (χ4n) is 1.61. The lowest BCUT2D eigenvalue weighted by atomic mass is 10.1. The Kier molecular flexibility index (Phi) is 6.32. The van der Waals surface area contributed by atoms with Gasteiger partial charge >= 0.3 is 0 Å². The molecule has 19 heavy (non-hydrogen) atoms. The van der Waals surface area contributed by atoms with E-state index in [-0.39, 0.29) is 5.78 Å². The predicted octanol–water partition coefficient (Wildman–Crippen LogP) is 1.46. The molecule has 0 spiro atoms. The summed E-state index contributed by atoms with van der Waals surface area (Å²) >= 11 is 0. The lowest BCUT2D eigenvalue weighted by Gasteiger charge is -2.11. The number of hydrogen-bond donors (Lipinski definition) is 2. The van der Waals surface area contributed by atoms with Gasteiger partial charge in [-0.1, -0.05) is 0 Å². The molecular formula is C14H23N3O2. The van der Waals surface area contributed by atoms with Crippen LogP contribution in [0.1, 0.15) is 17.3 Å². The number of nitrogens with zero attached hydrogens (tertiary/aromatic N) is 1. The van der Waals surface area contributed by atoms with Crippen LogP contribution in [0.15, 0.2) is 18.2 Å². The molecule has 3 N–H and O–H groups in total. The predicted molar refractivity (Wildman–Crippen MR) is 78.7 cm³/mol. The molecule has 0 unspecified atom stereocenters. The molecule has 0 aromatic heterocycles. The summed E-state index contributed by atoms with van der Waals surface area (Å²) in [5, 5.41) is 3.21. The highest BCUT2D eigenvalue weighted by Crippen LogP contribution is 2.18. The van der Waals surface area contributed by atoms with Crippen LogP contribution < -0.4 is 11.1 Å². The van der Waals surface area contributed by atoms with Crippen LogP contribution in [0.25, 0.3) is 0 Å². The summed E-state index contributed by atoms with van der Waals surface area (Å²) < 4.78 is 5.47. The van der Waals surface area contributed by atoms with Crippen molar-refractivity contribution in [2.45, 2.75) is 6.92 Å². The lowest BCUT2D eigenvalue weighted by Crippen LogP contribution is -2.20. The minimum absolute atomic E-state index is 0.0175. The minimum Gasteiger partial charge on any atom is -0.398 e. The topological polar surface area (TPSA) is 67.6 Å². The van der Waals surface area contributed by atoms with Crippen LogP contribution in [0.4, 0.5) is 11.4 Å². The van der Waals surface area contributed by atoms with E-state index in [4.69, 9.17) is 10.5 Å². The molecule has 0 bridgehead atoms. The number of benzene rings is 1. The van der Waals surface area contributed by atoms with E-state index in [1.165, 1.54) is 6.92 Å². The van der Waals surface area contributed by atoms with Gasteiger partial charge in [0.1, 0.15) is 0 Å². The van der Waals surface area contributed by atoms with E-state index in [2.05, 4.69) is 10.2 Å². The van der Waals surface area contributed by atoms with Crippen molar-refractivity contribution < 1.29 is 9.53 Å². The molecule has 0 atom stereocenters. The summed E-state index contributed by atoms with van der Waals surface area (Å²) in [5.74, 6) is -0.0175. The SMILES string of the molecule is CC(=O)c1ccc(NCCOCCN(C)C)cc1N. The van der Waals surface area contributed by atoms with E-state index in [1.807, 2.05) is 20.2 Å².